The molecule has 0 unspecified atom stereocenters. The van der Waals surface area contributed by atoms with Crippen molar-refractivity contribution in [2.75, 3.05) is 11.6 Å². The lowest BCUT2D eigenvalue weighted by Crippen LogP contribution is -2.14. The molecule has 1 heterocycles. The molecule has 0 atom stereocenters. The van der Waals surface area contributed by atoms with Gasteiger partial charge >= 0.3 is 0 Å². The molecule has 1 N–H and O–H groups in total. The number of anilines is 1. The minimum atomic E-state index is -3.20. The van der Waals surface area contributed by atoms with E-state index in [-0.39, 0.29) is 11.7 Å². The van der Waals surface area contributed by atoms with Crippen LogP contribution in [0.3, 0.4) is 0 Å². The molecule has 1 aromatic heterocycles. The topological polar surface area (TPSA) is 76.1 Å². The standard InChI is InChI=1S/C27H24N2O3S/c1-19-11-13-21(14-12-19)24-16-25(22-8-4-3-5-9-22)28-26(17-24)29-27(30)23-10-6-7-20(15-23)18-33(2,31)32/h3-17H,18H2,1-2H3,(H,28,29,30). The van der Waals surface area contributed by atoms with Crippen molar-refractivity contribution >= 4 is 21.6 Å². The summed E-state index contributed by atoms with van der Waals surface area (Å²) in [6, 6.07) is 28.4. The van der Waals surface area contributed by atoms with Gasteiger partial charge in [0.25, 0.3) is 5.91 Å². The molecule has 0 spiro atoms. The van der Waals surface area contributed by atoms with E-state index in [1.807, 2.05) is 73.7 Å². The van der Waals surface area contributed by atoms with E-state index in [4.69, 9.17) is 0 Å². The summed E-state index contributed by atoms with van der Waals surface area (Å²) in [4.78, 5) is 17.6. The van der Waals surface area contributed by atoms with Crippen molar-refractivity contribution in [1.82, 2.24) is 4.98 Å². The first-order valence-electron chi connectivity index (χ1n) is 10.5. The minimum Gasteiger partial charge on any atom is -0.307 e. The molecule has 1 amide bonds. The number of hydrogen-bond donors (Lipinski definition) is 1. The fourth-order valence-electron chi connectivity index (χ4n) is 3.56. The maximum atomic E-state index is 13.0. The highest BCUT2D eigenvalue weighted by Gasteiger charge is 2.13. The largest absolute Gasteiger partial charge is 0.307 e. The SMILES string of the molecule is Cc1ccc(-c2cc(NC(=O)c3cccc(CS(C)(=O)=O)c3)nc(-c3ccccc3)c2)cc1. The van der Waals surface area contributed by atoms with Crippen molar-refractivity contribution in [1.29, 1.82) is 0 Å². The molecule has 4 aromatic rings. The van der Waals surface area contributed by atoms with Crippen molar-refractivity contribution in [3.8, 4) is 22.4 Å². The average molecular weight is 457 g/mol. The van der Waals surface area contributed by atoms with Crippen LogP contribution in [0.2, 0.25) is 0 Å². The van der Waals surface area contributed by atoms with Crippen molar-refractivity contribution in [2.24, 2.45) is 0 Å². The monoisotopic (exact) mass is 456 g/mol. The van der Waals surface area contributed by atoms with Crippen LogP contribution in [0.1, 0.15) is 21.5 Å². The first-order valence-corrected chi connectivity index (χ1v) is 12.6. The predicted molar refractivity (Wildman–Crippen MR) is 133 cm³/mol. The van der Waals surface area contributed by atoms with Crippen LogP contribution in [-0.4, -0.2) is 25.6 Å². The van der Waals surface area contributed by atoms with E-state index >= 15 is 0 Å². The molecule has 0 saturated heterocycles. The number of carbonyl (C=O) groups is 1. The van der Waals surface area contributed by atoms with E-state index in [0.29, 0.717) is 16.9 Å². The Bertz CT molecular complexity index is 1400. The molecule has 0 fully saturated rings. The molecule has 0 saturated carbocycles. The van der Waals surface area contributed by atoms with Crippen LogP contribution in [0.15, 0.2) is 91.0 Å². The number of nitrogens with one attached hydrogen (secondary N) is 1. The number of aromatic nitrogens is 1. The first kappa shape index (κ1) is 22.4. The molecule has 0 bridgehead atoms. The Kier molecular flexibility index (Phi) is 6.38. The molecule has 166 valence electrons. The highest BCUT2D eigenvalue weighted by molar-refractivity contribution is 7.89. The van der Waals surface area contributed by atoms with Gasteiger partial charge in [0, 0.05) is 17.4 Å². The van der Waals surface area contributed by atoms with Gasteiger partial charge in [0.15, 0.2) is 9.84 Å². The fourth-order valence-corrected chi connectivity index (χ4v) is 4.34. The van der Waals surface area contributed by atoms with Gasteiger partial charge in [-0.25, -0.2) is 13.4 Å². The van der Waals surface area contributed by atoms with Gasteiger partial charge in [0.2, 0.25) is 0 Å². The molecule has 5 nitrogen and oxygen atoms in total. The molecule has 33 heavy (non-hydrogen) atoms. The molecule has 6 heteroatoms. The Balaban J connectivity index is 1.69. The summed E-state index contributed by atoms with van der Waals surface area (Å²) < 4.78 is 23.3. The smallest absolute Gasteiger partial charge is 0.256 e. The molecule has 4 rings (SSSR count). The molecular formula is C27H24N2O3S. The van der Waals surface area contributed by atoms with Crippen LogP contribution in [0.5, 0.6) is 0 Å². The Hall–Kier alpha value is -3.77. The average Bonchev–Trinajstić information content (AvgIpc) is 2.79. The van der Waals surface area contributed by atoms with Crippen LogP contribution in [-0.2, 0) is 15.6 Å². The van der Waals surface area contributed by atoms with E-state index in [0.717, 1.165) is 22.4 Å². The Morgan fingerprint density at radius 2 is 1.55 bits per heavy atom. The van der Waals surface area contributed by atoms with Crippen LogP contribution >= 0.6 is 0 Å². The minimum absolute atomic E-state index is 0.118. The summed E-state index contributed by atoms with van der Waals surface area (Å²) in [5.41, 5.74) is 5.75. The maximum absolute atomic E-state index is 13.0. The maximum Gasteiger partial charge on any atom is 0.256 e. The summed E-state index contributed by atoms with van der Waals surface area (Å²) in [6.45, 7) is 2.04. The number of amides is 1. The third-order valence-corrected chi connectivity index (χ3v) is 6.00. The predicted octanol–water partition coefficient (Wildman–Crippen LogP) is 5.52. The molecule has 3 aromatic carbocycles. The molecule has 0 aliphatic carbocycles. The summed E-state index contributed by atoms with van der Waals surface area (Å²) in [6.07, 6.45) is 1.17. The summed E-state index contributed by atoms with van der Waals surface area (Å²) in [5, 5.41) is 2.88. The lowest BCUT2D eigenvalue weighted by atomic mass is 10.0. The first-order chi connectivity index (χ1) is 15.8. The Morgan fingerprint density at radius 1 is 0.818 bits per heavy atom. The van der Waals surface area contributed by atoms with E-state index in [2.05, 4.69) is 10.3 Å². The molecular weight excluding hydrogens is 432 g/mol. The fraction of sp³-hybridized carbons (Fsp3) is 0.111. The third-order valence-electron chi connectivity index (χ3n) is 5.14. The lowest BCUT2D eigenvalue weighted by molar-refractivity contribution is 0.102. The summed E-state index contributed by atoms with van der Waals surface area (Å²) >= 11 is 0. The second-order valence-corrected chi connectivity index (χ2v) is 10.2. The van der Waals surface area contributed by atoms with E-state index in [1.54, 1.807) is 24.3 Å². The number of nitrogens with zero attached hydrogens (tertiary/aromatic N) is 1. The van der Waals surface area contributed by atoms with Crippen molar-refractivity contribution in [3.05, 3.63) is 108 Å². The second kappa shape index (κ2) is 9.38. The van der Waals surface area contributed by atoms with Crippen LogP contribution < -0.4 is 5.32 Å². The summed E-state index contributed by atoms with van der Waals surface area (Å²) in [7, 11) is -3.20. The number of pyridine rings is 1. The quantitative estimate of drug-likeness (QED) is 0.414. The van der Waals surface area contributed by atoms with Gasteiger partial charge in [-0.05, 0) is 47.9 Å². The Morgan fingerprint density at radius 3 is 2.24 bits per heavy atom. The van der Waals surface area contributed by atoms with E-state index < -0.39 is 9.84 Å². The lowest BCUT2D eigenvalue weighted by Gasteiger charge is -2.12. The molecule has 0 radical (unpaired) electrons. The zero-order valence-electron chi connectivity index (χ0n) is 18.4. The number of carbonyl (C=O) groups excluding carboxylic acids is 1. The van der Waals surface area contributed by atoms with Gasteiger partial charge in [-0.15, -0.1) is 0 Å². The highest BCUT2D eigenvalue weighted by Crippen LogP contribution is 2.28. The van der Waals surface area contributed by atoms with Gasteiger partial charge in [-0.3, -0.25) is 4.79 Å². The van der Waals surface area contributed by atoms with Crippen molar-refractivity contribution in [2.45, 2.75) is 12.7 Å². The van der Waals surface area contributed by atoms with E-state index in [1.165, 1.54) is 11.8 Å². The zero-order chi connectivity index (χ0) is 23.4. The summed E-state index contributed by atoms with van der Waals surface area (Å²) in [5.74, 6) is -0.0451. The van der Waals surface area contributed by atoms with Crippen LogP contribution in [0, 0.1) is 6.92 Å². The van der Waals surface area contributed by atoms with Gasteiger partial charge in [0.1, 0.15) is 5.82 Å². The van der Waals surface area contributed by atoms with Crippen molar-refractivity contribution in [3.63, 3.8) is 0 Å². The number of sulfone groups is 1. The van der Waals surface area contributed by atoms with E-state index in [9.17, 15) is 13.2 Å². The van der Waals surface area contributed by atoms with Gasteiger partial charge in [-0.1, -0.05) is 72.3 Å². The van der Waals surface area contributed by atoms with Crippen molar-refractivity contribution < 1.29 is 13.2 Å². The van der Waals surface area contributed by atoms with Crippen LogP contribution in [0.25, 0.3) is 22.4 Å². The number of rotatable bonds is 6. The number of hydrogen-bond acceptors (Lipinski definition) is 4. The highest BCUT2D eigenvalue weighted by atomic mass is 32.2. The second-order valence-electron chi connectivity index (χ2n) is 8.08. The third kappa shape index (κ3) is 5.93. The van der Waals surface area contributed by atoms with Crippen LogP contribution in [0.4, 0.5) is 5.82 Å². The Labute approximate surface area is 194 Å². The normalized spacial score (nSPS) is 11.2. The number of benzene rings is 3. The van der Waals surface area contributed by atoms with Gasteiger partial charge < -0.3 is 5.32 Å². The molecule has 0 aliphatic rings. The zero-order valence-corrected chi connectivity index (χ0v) is 19.3. The number of aryl methyl sites for hydroxylation is 1. The van der Waals surface area contributed by atoms with Gasteiger partial charge in [0.05, 0.1) is 11.4 Å². The molecule has 0 aliphatic heterocycles. The van der Waals surface area contributed by atoms with Gasteiger partial charge in [-0.2, -0.15) is 0 Å².